The van der Waals surface area contributed by atoms with Crippen molar-refractivity contribution in [3.63, 3.8) is 0 Å². The fourth-order valence-electron chi connectivity index (χ4n) is 2.73. The molecule has 0 saturated heterocycles. The molecule has 1 aromatic rings. The maximum absolute atomic E-state index is 11.4. The Morgan fingerprint density at radius 3 is 2.56 bits per heavy atom. The van der Waals surface area contributed by atoms with Gasteiger partial charge in [-0.1, -0.05) is 12.1 Å². The molecule has 2 N–H and O–H groups in total. The highest BCUT2D eigenvalue weighted by Crippen LogP contribution is 2.40. The molecule has 0 unspecified atom stereocenters. The largest absolute Gasteiger partial charge is 0.368 e. The van der Waals surface area contributed by atoms with E-state index in [1.165, 1.54) is 18.5 Å². The molecule has 4 heteroatoms. The lowest BCUT2D eigenvalue weighted by molar-refractivity contribution is -0.118. The molecule has 0 aromatic heterocycles. The first-order valence-electron chi connectivity index (χ1n) is 6.60. The summed E-state index contributed by atoms with van der Waals surface area (Å²) in [6.07, 6.45) is 2.58. The first-order chi connectivity index (χ1) is 8.68. The minimum Gasteiger partial charge on any atom is -0.368 e. The molecule has 1 aliphatic carbocycles. The van der Waals surface area contributed by atoms with Crippen molar-refractivity contribution < 1.29 is 4.79 Å². The van der Waals surface area contributed by atoms with Crippen LogP contribution < -0.4 is 15.5 Å². The SMILES string of the molecule is C[C@H](C(N)=O)N1CCN(C2CC2)c2ccccc21. The number of carbonyl (C=O) groups excluding carboxylic acids is 1. The van der Waals surface area contributed by atoms with Gasteiger partial charge in [-0.15, -0.1) is 0 Å². The van der Waals surface area contributed by atoms with E-state index in [2.05, 4.69) is 28.0 Å². The van der Waals surface area contributed by atoms with Crippen LogP contribution in [0.4, 0.5) is 11.4 Å². The van der Waals surface area contributed by atoms with Gasteiger partial charge in [0.15, 0.2) is 0 Å². The molecule has 0 spiro atoms. The number of hydrogen-bond acceptors (Lipinski definition) is 3. The minimum atomic E-state index is -0.260. The fourth-order valence-corrected chi connectivity index (χ4v) is 2.73. The second kappa shape index (κ2) is 4.19. The number of carbonyl (C=O) groups is 1. The van der Waals surface area contributed by atoms with Gasteiger partial charge in [0.25, 0.3) is 0 Å². The molecule has 2 aliphatic rings. The molecule has 96 valence electrons. The monoisotopic (exact) mass is 245 g/mol. The summed E-state index contributed by atoms with van der Waals surface area (Å²) in [6, 6.07) is 8.78. The van der Waals surface area contributed by atoms with Gasteiger partial charge in [-0.25, -0.2) is 0 Å². The number of rotatable bonds is 3. The number of benzene rings is 1. The number of fused-ring (bicyclic) bond motifs is 1. The number of anilines is 2. The highest BCUT2D eigenvalue weighted by molar-refractivity contribution is 5.86. The lowest BCUT2D eigenvalue weighted by Crippen LogP contribution is -2.50. The van der Waals surface area contributed by atoms with Gasteiger partial charge in [-0.05, 0) is 31.9 Å². The second-order valence-corrected chi connectivity index (χ2v) is 5.19. The Balaban J connectivity index is 1.96. The quantitative estimate of drug-likeness (QED) is 0.874. The summed E-state index contributed by atoms with van der Waals surface area (Å²) in [5, 5.41) is 0. The average molecular weight is 245 g/mol. The molecule has 1 fully saturated rings. The predicted octanol–water partition coefficient (Wildman–Crippen LogP) is 1.35. The van der Waals surface area contributed by atoms with Gasteiger partial charge in [0, 0.05) is 19.1 Å². The second-order valence-electron chi connectivity index (χ2n) is 5.19. The standard InChI is InChI=1S/C14H19N3O/c1-10(14(15)18)16-8-9-17(11-6-7-11)13-5-3-2-4-12(13)16/h2-5,10-11H,6-9H2,1H3,(H2,15,18)/t10-/m1/s1. The van der Waals surface area contributed by atoms with Crippen LogP contribution in [0.5, 0.6) is 0 Å². The van der Waals surface area contributed by atoms with Crippen molar-refractivity contribution in [3.8, 4) is 0 Å². The van der Waals surface area contributed by atoms with E-state index in [0.29, 0.717) is 6.04 Å². The molecule has 18 heavy (non-hydrogen) atoms. The molecule has 3 rings (SSSR count). The van der Waals surface area contributed by atoms with Gasteiger partial charge in [0.05, 0.1) is 11.4 Å². The van der Waals surface area contributed by atoms with E-state index in [9.17, 15) is 4.79 Å². The van der Waals surface area contributed by atoms with Crippen LogP contribution in [-0.4, -0.2) is 31.1 Å². The summed E-state index contributed by atoms with van der Waals surface area (Å²) >= 11 is 0. The van der Waals surface area contributed by atoms with Crippen LogP contribution in [0.3, 0.4) is 0 Å². The summed E-state index contributed by atoms with van der Waals surface area (Å²) in [5.41, 5.74) is 7.83. The van der Waals surface area contributed by atoms with Gasteiger partial charge in [0.2, 0.25) is 5.91 Å². The zero-order valence-corrected chi connectivity index (χ0v) is 10.7. The number of nitrogens with two attached hydrogens (primary N) is 1. The highest BCUT2D eigenvalue weighted by Gasteiger charge is 2.35. The van der Waals surface area contributed by atoms with E-state index in [0.717, 1.165) is 18.8 Å². The molecule has 1 heterocycles. The third-order valence-corrected chi connectivity index (χ3v) is 3.95. The van der Waals surface area contributed by atoms with Gasteiger partial charge in [-0.2, -0.15) is 0 Å². The minimum absolute atomic E-state index is 0.243. The first kappa shape index (κ1) is 11.4. The van der Waals surface area contributed by atoms with Crippen LogP contribution in [0.1, 0.15) is 19.8 Å². The molecular formula is C14H19N3O. The van der Waals surface area contributed by atoms with E-state index in [-0.39, 0.29) is 11.9 Å². The Morgan fingerprint density at radius 1 is 1.28 bits per heavy atom. The van der Waals surface area contributed by atoms with Gasteiger partial charge >= 0.3 is 0 Å². The molecule has 1 saturated carbocycles. The van der Waals surface area contributed by atoms with Gasteiger partial charge in [0.1, 0.15) is 6.04 Å². The third-order valence-electron chi connectivity index (χ3n) is 3.95. The van der Waals surface area contributed by atoms with Crippen LogP contribution in [-0.2, 0) is 4.79 Å². The van der Waals surface area contributed by atoms with E-state index in [1.54, 1.807) is 0 Å². The molecule has 4 nitrogen and oxygen atoms in total. The molecule has 1 atom stereocenters. The van der Waals surface area contributed by atoms with Crippen LogP contribution >= 0.6 is 0 Å². The highest BCUT2D eigenvalue weighted by atomic mass is 16.1. The zero-order chi connectivity index (χ0) is 12.7. The fraction of sp³-hybridized carbons (Fsp3) is 0.500. The van der Waals surface area contributed by atoms with Crippen molar-refractivity contribution in [2.75, 3.05) is 22.9 Å². The number of hydrogen-bond donors (Lipinski definition) is 1. The number of para-hydroxylation sites is 2. The Hall–Kier alpha value is -1.71. The van der Waals surface area contributed by atoms with Crippen molar-refractivity contribution >= 4 is 17.3 Å². The summed E-state index contributed by atoms with van der Waals surface area (Å²) in [5.74, 6) is -0.260. The van der Waals surface area contributed by atoms with E-state index in [4.69, 9.17) is 5.73 Å². The summed E-state index contributed by atoms with van der Waals surface area (Å²) in [4.78, 5) is 16.0. The van der Waals surface area contributed by atoms with Gasteiger partial charge in [-0.3, -0.25) is 4.79 Å². The van der Waals surface area contributed by atoms with Crippen LogP contribution in [0.15, 0.2) is 24.3 Å². The molecule has 1 aromatic carbocycles. The van der Waals surface area contributed by atoms with E-state index >= 15 is 0 Å². The van der Waals surface area contributed by atoms with Crippen LogP contribution in [0.25, 0.3) is 0 Å². The summed E-state index contributed by atoms with van der Waals surface area (Å²) < 4.78 is 0. The number of primary amides is 1. The Morgan fingerprint density at radius 2 is 1.94 bits per heavy atom. The van der Waals surface area contributed by atoms with E-state index < -0.39 is 0 Å². The maximum Gasteiger partial charge on any atom is 0.239 e. The molecular weight excluding hydrogens is 226 g/mol. The molecule has 0 radical (unpaired) electrons. The van der Waals surface area contributed by atoms with E-state index in [1.807, 2.05) is 13.0 Å². The summed E-state index contributed by atoms with van der Waals surface area (Å²) in [7, 11) is 0. The van der Waals surface area contributed by atoms with Crippen molar-refractivity contribution in [1.29, 1.82) is 0 Å². The average Bonchev–Trinajstić information content (AvgIpc) is 3.21. The number of amides is 1. The lowest BCUT2D eigenvalue weighted by Gasteiger charge is -2.41. The summed E-state index contributed by atoms with van der Waals surface area (Å²) in [6.45, 7) is 3.74. The predicted molar refractivity (Wildman–Crippen MR) is 72.8 cm³/mol. The Bertz CT molecular complexity index is 470. The normalized spacial score (nSPS) is 20.5. The molecule has 1 amide bonds. The Kier molecular flexibility index (Phi) is 2.65. The molecule has 1 aliphatic heterocycles. The van der Waals surface area contributed by atoms with Crippen molar-refractivity contribution in [1.82, 2.24) is 0 Å². The number of nitrogens with zero attached hydrogens (tertiary/aromatic N) is 2. The maximum atomic E-state index is 11.4. The first-order valence-corrected chi connectivity index (χ1v) is 6.60. The topological polar surface area (TPSA) is 49.6 Å². The van der Waals surface area contributed by atoms with Crippen molar-refractivity contribution in [2.45, 2.75) is 31.8 Å². The third kappa shape index (κ3) is 1.82. The molecule has 0 bridgehead atoms. The Labute approximate surface area is 107 Å². The van der Waals surface area contributed by atoms with Crippen molar-refractivity contribution in [3.05, 3.63) is 24.3 Å². The lowest BCUT2D eigenvalue weighted by atomic mass is 10.1. The van der Waals surface area contributed by atoms with Crippen LogP contribution in [0, 0.1) is 0 Å². The van der Waals surface area contributed by atoms with Crippen LogP contribution in [0.2, 0.25) is 0 Å². The zero-order valence-electron chi connectivity index (χ0n) is 10.7. The van der Waals surface area contributed by atoms with Crippen molar-refractivity contribution in [2.24, 2.45) is 5.73 Å². The smallest absolute Gasteiger partial charge is 0.239 e. The van der Waals surface area contributed by atoms with Gasteiger partial charge < -0.3 is 15.5 Å².